The Morgan fingerprint density at radius 3 is 2.81 bits per heavy atom. The minimum Gasteiger partial charge on any atom is -0.382 e. The van der Waals surface area contributed by atoms with E-state index in [1.54, 1.807) is 0 Å². The lowest BCUT2D eigenvalue weighted by Gasteiger charge is -2.10. The molecule has 0 saturated heterocycles. The molecular formula is C14H26N4O2S. The summed E-state index contributed by atoms with van der Waals surface area (Å²) in [4.78, 5) is 18.7. The molecule has 21 heavy (non-hydrogen) atoms. The van der Waals surface area contributed by atoms with Crippen molar-refractivity contribution in [2.45, 2.75) is 39.7 Å². The lowest BCUT2D eigenvalue weighted by molar-refractivity contribution is 0.0754. The van der Waals surface area contributed by atoms with Crippen molar-refractivity contribution < 1.29 is 9.53 Å². The molecule has 0 aromatic carbocycles. The Kier molecular flexibility index (Phi) is 7.45. The number of unbranched alkanes of at least 4 members (excludes halogenated alkanes) is 1. The molecule has 1 rings (SSSR count). The van der Waals surface area contributed by atoms with E-state index < -0.39 is 0 Å². The molecule has 6 nitrogen and oxygen atoms in total. The number of nitrogens with two attached hydrogens (primary N) is 1. The second kappa shape index (κ2) is 8.84. The maximum atomic E-state index is 12.1. The minimum absolute atomic E-state index is 0.148. The molecule has 1 amide bonds. The predicted molar refractivity (Wildman–Crippen MR) is 88.1 cm³/mol. The number of thiazole rings is 1. The summed E-state index contributed by atoms with van der Waals surface area (Å²) in [6, 6.07) is 0. The fourth-order valence-corrected chi connectivity index (χ4v) is 2.54. The molecule has 0 atom stereocenters. The van der Waals surface area contributed by atoms with Crippen LogP contribution in [0.5, 0.6) is 0 Å². The monoisotopic (exact) mass is 314 g/mol. The summed E-state index contributed by atoms with van der Waals surface area (Å²) in [5, 5.41) is 3.64. The third-order valence-electron chi connectivity index (χ3n) is 2.96. The molecule has 0 spiro atoms. The smallest absolute Gasteiger partial charge is 0.265 e. The summed E-state index contributed by atoms with van der Waals surface area (Å²) in [6.45, 7) is 8.22. The Morgan fingerprint density at radius 1 is 1.48 bits per heavy atom. The van der Waals surface area contributed by atoms with Gasteiger partial charge in [-0.25, -0.2) is 4.98 Å². The highest BCUT2D eigenvalue weighted by molar-refractivity contribution is 7.18. The molecule has 0 unspecified atom stereocenters. The quantitative estimate of drug-likeness (QED) is 0.682. The molecule has 0 aliphatic rings. The van der Waals surface area contributed by atoms with E-state index in [0.29, 0.717) is 17.2 Å². The first-order valence-electron chi connectivity index (χ1n) is 7.33. The van der Waals surface area contributed by atoms with Crippen molar-refractivity contribution in [1.82, 2.24) is 10.3 Å². The van der Waals surface area contributed by atoms with E-state index in [2.05, 4.69) is 10.3 Å². The second-order valence-electron chi connectivity index (χ2n) is 5.11. The van der Waals surface area contributed by atoms with Crippen molar-refractivity contribution in [3.05, 3.63) is 4.88 Å². The van der Waals surface area contributed by atoms with E-state index in [-0.39, 0.29) is 12.0 Å². The zero-order valence-electron chi connectivity index (χ0n) is 13.3. The normalized spacial score (nSPS) is 10.9. The first-order chi connectivity index (χ1) is 9.95. The van der Waals surface area contributed by atoms with Crippen molar-refractivity contribution in [3.8, 4) is 0 Å². The van der Waals surface area contributed by atoms with Crippen LogP contribution in [0.2, 0.25) is 0 Å². The molecule has 3 N–H and O–H groups in total. The van der Waals surface area contributed by atoms with Gasteiger partial charge in [-0.1, -0.05) is 11.3 Å². The predicted octanol–water partition coefficient (Wildman–Crippen LogP) is 2.12. The first kappa shape index (κ1) is 17.7. The van der Waals surface area contributed by atoms with Gasteiger partial charge in [0.1, 0.15) is 10.7 Å². The van der Waals surface area contributed by atoms with E-state index >= 15 is 0 Å². The van der Waals surface area contributed by atoms with Crippen molar-refractivity contribution in [1.29, 1.82) is 0 Å². The number of nitrogen functional groups attached to an aromatic ring is 1. The number of nitrogens with one attached hydrogen (secondary N) is 1. The average Bonchev–Trinajstić information content (AvgIpc) is 2.83. The number of aromatic nitrogens is 1. The molecule has 1 aromatic heterocycles. The lowest BCUT2D eigenvalue weighted by atomic mass is 10.3. The van der Waals surface area contributed by atoms with Gasteiger partial charge < -0.3 is 20.7 Å². The maximum Gasteiger partial charge on any atom is 0.265 e. The van der Waals surface area contributed by atoms with Gasteiger partial charge in [-0.3, -0.25) is 4.79 Å². The van der Waals surface area contributed by atoms with Gasteiger partial charge in [0, 0.05) is 26.7 Å². The van der Waals surface area contributed by atoms with Crippen LogP contribution in [-0.4, -0.2) is 43.7 Å². The summed E-state index contributed by atoms with van der Waals surface area (Å²) in [5.41, 5.74) is 5.81. The molecule has 120 valence electrons. The molecule has 0 aliphatic heterocycles. The van der Waals surface area contributed by atoms with Crippen LogP contribution >= 0.6 is 11.3 Å². The Morgan fingerprint density at radius 2 is 2.19 bits per heavy atom. The van der Waals surface area contributed by atoms with Crippen LogP contribution in [0.25, 0.3) is 0 Å². The SMILES string of the molecule is CCN(C)c1nc(N)c(C(=O)NCCCCOC(C)C)s1. The summed E-state index contributed by atoms with van der Waals surface area (Å²) in [5.74, 6) is 0.154. The summed E-state index contributed by atoms with van der Waals surface area (Å²) in [6.07, 6.45) is 2.07. The largest absolute Gasteiger partial charge is 0.382 e. The number of nitrogens with zero attached hydrogens (tertiary/aromatic N) is 2. The van der Waals surface area contributed by atoms with Crippen LogP contribution in [0.15, 0.2) is 0 Å². The van der Waals surface area contributed by atoms with Gasteiger partial charge >= 0.3 is 0 Å². The number of hydrogen-bond acceptors (Lipinski definition) is 6. The fraction of sp³-hybridized carbons (Fsp3) is 0.714. The van der Waals surface area contributed by atoms with E-state index in [4.69, 9.17) is 10.5 Å². The van der Waals surface area contributed by atoms with Crippen LogP contribution in [0.3, 0.4) is 0 Å². The van der Waals surface area contributed by atoms with E-state index in [9.17, 15) is 4.79 Å². The molecule has 0 aliphatic carbocycles. The van der Waals surface area contributed by atoms with E-state index in [1.807, 2.05) is 32.7 Å². The van der Waals surface area contributed by atoms with E-state index in [1.165, 1.54) is 11.3 Å². The number of hydrogen-bond donors (Lipinski definition) is 2. The number of ether oxygens (including phenoxy) is 1. The Balaban J connectivity index is 2.37. The number of rotatable bonds is 9. The van der Waals surface area contributed by atoms with Crippen LogP contribution < -0.4 is 16.0 Å². The fourth-order valence-electron chi connectivity index (χ4n) is 1.61. The molecule has 0 radical (unpaired) electrons. The van der Waals surface area contributed by atoms with Gasteiger partial charge in [0.05, 0.1) is 6.10 Å². The van der Waals surface area contributed by atoms with Crippen molar-refractivity contribution in [2.75, 3.05) is 37.4 Å². The highest BCUT2D eigenvalue weighted by Gasteiger charge is 2.17. The summed E-state index contributed by atoms with van der Waals surface area (Å²) >= 11 is 1.33. The van der Waals surface area contributed by atoms with Crippen LogP contribution in [0.1, 0.15) is 43.3 Å². The van der Waals surface area contributed by atoms with Crippen molar-refractivity contribution in [2.24, 2.45) is 0 Å². The van der Waals surface area contributed by atoms with Gasteiger partial charge in [-0.05, 0) is 33.6 Å². The van der Waals surface area contributed by atoms with E-state index in [0.717, 1.165) is 31.1 Å². The first-order valence-corrected chi connectivity index (χ1v) is 8.14. The van der Waals surface area contributed by atoms with Gasteiger partial charge in [-0.15, -0.1) is 0 Å². The number of amides is 1. The summed E-state index contributed by atoms with van der Waals surface area (Å²) < 4.78 is 5.45. The summed E-state index contributed by atoms with van der Waals surface area (Å²) in [7, 11) is 1.93. The molecule has 0 fully saturated rings. The maximum absolute atomic E-state index is 12.1. The average molecular weight is 314 g/mol. The Labute approximate surface area is 130 Å². The van der Waals surface area contributed by atoms with Crippen LogP contribution in [0.4, 0.5) is 10.9 Å². The topological polar surface area (TPSA) is 80.5 Å². The zero-order chi connectivity index (χ0) is 15.8. The van der Waals surface area contributed by atoms with Crippen molar-refractivity contribution >= 4 is 28.2 Å². The lowest BCUT2D eigenvalue weighted by Crippen LogP contribution is -2.24. The third kappa shape index (κ3) is 5.89. The second-order valence-corrected chi connectivity index (χ2v) is 6.09. The molecule has 7 heteroatoms. The molecule has 1 heterocycles. The third-order valence-corrected chi connectivity index (χ3v) is 4.14. The molecule has 0 bridgehead atoms. The van der Waals surface area contributed by atoms with Crippen molar-refractivity contribution in [3.63, 3.8) is 0 Å². The van der Waals surface area contributed by atoms with Gasteiger partial charge in [0.15, 0.2) is 5.13 Å². The number of anilines is 2. The van der Waals surface area contributed by atoms with Crippen LogP contribution in [0, 0.1) is 0 Å². The molecular weight excluding hydrogens is 288 g/mol. The van der Waals surface area contributed by atoms with Crippen LogP contribution in [-0.2, 0) is 4.74 Å². The minimum atomic E-state index is -0.148. The number of carbonyl (C=O) groups excluding carboxylic acids is 1. The molecule has 1 aromatic rings. The standard InChI is InChI=1S/C14H26N4O2S/c1-5-18(4)14-17-12(15)11(21-14)13(19)16-8-6-7-9-20-10(2)3/h10H,5-9,15H2,1-4H3,(H,16,19). The molecule has 0 saturated carbocycles. The van der Waals surface area contributed by atoms with Gasteiger partial charge in [0.2, 0.25) is 0 Å². The number of carbonyl (C=O) groups is 1. The zero-order valence-corrected chi connectivity index (χ0v) is 14.1. The Hall–Kier alpha value is -1.34. The van der Waals surface area contributed by atoms with Gasteiger partial charge in [0.25, 0.3) is 5.91 Å². The highest BCUT2D eigenvalue weighted by Crippen LogP contribution is 2.27. The Bertz CT molecular complexity index is 448. The highest BCUT2D eigenvalue weighted by atomic mass is 32.1. The van der Waals surface area contributed by atoms with Gasteiger partial charge in [-0.2, -0.15) is 0 Å².